The smallest absolute Gasteiger partial charge is 0.512 e. The molecule has 0 saturated heterocycles. The molecule has 0 aromatic rings. The number of carbonyl (C=O) groups is 10. The van der Waals surface area contributed by atoms with Crippen LogP contribution in [0, 0.1) is 18.4 Å². The van der Waals surface area contributed by atoms with Crippen molar-refractivity contribution in [3.63, 3.8) is 0 Å². The molecule has 9 N–H and O–H groups in total. The molecule has 0 aliphatic carbocycles. The maximum atomic E-state index is 12.1. The zero-order chi connectivity index (χ0) is 85.3. The van der Waals surface area contributed by atoms with E-state index >= 15 is 0 Å². The number of hydrogen-bond donors (Lipinski definition) is 7. The van der Waals surface area contributed by atoms with Crippen molar-refractivity contribution in [1.29, 1.82) is 5.26 Å². The van der Waals surface area contributed by atoms with Crippen LogP contribution in [0.1, 0.15) is 285 Å². The molecule has 0 aromatic heterocycles. The zero-order valence-electron chi connectivity index (χ0n) is 71.3. The van der Waals surface area contributed by atoms with Crippen molar-refractivity contribution in [3.8, 4) is 0 Å². The van der Waals surface area contributed by atoms with Gasteiger partial charge in [-0.25, -0.2) is 54.5 Å². The third-order valence-corrected chi connectivity index (χ3v) is 11.2. The van der Waals surface area contributed by atoms with E-state index < -0.39 is 147 Å². The predicted molar refractivity (Wildman–Crippen MR) is 410 cm³/mol. The fraction of sp³-hybridized carbons (Fsp3) is 0.824. The molecule has 0 spiro atoms. The van der Waals surface area contributed by atoms with Gasteiger partial charge in [-0.2, -0.15) is 9.59 Å². The average molecular weight is 1660 g/mol. The van der Waals surface area contributed by atoms with Gasteiger partial charge in [0.05, 0.1) is 0 Å². The second-order valence-electron chi connectivity index (χ2n) is 33.4. The molecule has 5 amide bonds. The first kappa shape index (κ1) is 121. The number of unbranched alkanes of at least 4 members (excludes halogenated alkanes) is 1. The van der Waals surface area contributed by atoms with Crippen LogP contribution < -0.4 is 84.1 Å². The number of nitrogens with one attached hydrogen (secondary N) is 5. The molecular weight excluding hydrogens is 1530 g/mol. The van der Waals surface area contributed by atoms with Crippen molar-refractivity contribution in [2.75, 3.05) is 24.4 Å². The van der Waals surface area contributed by atoms with E-state index in [1.807, 2.05) is 6.92 Å². The van der Waals surface area contributed by atoms with Gasteiger partial charge in [-0.05, 0) is 265 Å². The first-order valence-corrected chi connectivity index (χ1v) is 36.7. The second-order valence-corrected chi connectivity index (χ2v) is 34.6. The van der Waals surface area contributed by atoms with Gasteiger partial charge in [-0.1, -0.05) is 29.3 Å². The largest absolute Gasteiger partial charge is 1.00 e. The number of esters is 5. The van der Waals surface area contributed by atoms with Crippen LogP contribution in [0.3, 0.4) is 0 Å². The van der Waals surface area contributed by atoms with E-state index in [9.17, 15) is 47.9 Å². The number of hydrogen-bond acceptors (Lipinski definition) is 25. The Balaban J connectivity index is -0.000000159. The van der Waals surface area contributed by atoms with Gasteiger partial charge >= 0.3 is 118 Å². The predicted octanol–water partition coefficient (Wildman–Crippen LogP) is 11.6. The summed E-state index contributed by atoms with van der Waals surface area (Å²) in [6.45, 7) is 66.7. The maximum absolute atomic E-state index is 12.1. The number of halogens is 2. The second kappa shape index (κ2) is 59.2. The molecule has 0 aliphatic rings. The van der Waals surface area contributed by atoms with Crippen LogP contribution in [0.4, 0.5) is 24.0 Å². The minimum atomic E-state index is -0.823. The molecule has 0 unspecified atom stereocenters. The van der Waals surface area contributed by atoms with Crippen molar-refractivity contribution in [3.05, 3.63) is 18.0 Å². The van der Waals surface area contributed by atoms with Crippen LogP contribution in [0.25, 0.3) is 4.85 Å². The quantitative estimate of drug-likeness (QED) is 0.00849. The standard InChI is InChI=1S/C15H28ClNO4.C15H26N2O4.C14H26BrNO4.C14H27NO5.C14H27NO4.CN.CO2.K.H3N/c1-14(2,3)20-12(18)11(9-7-8-10-16)17-13(19)21-15(4,5)6;1-14(2,3)20-12(18)11(9-8-10-16-7)17-13(19)21-15(4,5)6;1-13(2,3)19-11(17)10(8-7-9-15)16-12(18)20-14(4,5)6;1-13(2,3)19-11(17)10(8-7-9-16)15-12(18)20-14(4,5)6;1-8-9-10(11(16)18-13(2,3)4)15-12(17)19-14(5,6)7;1-2;2-1-3;;/h11H,7-10H2,1-6H3,(H,17,19);11H,8-10H2,1-6H3,(H,17,19);10H,7-9H2,1-6H3,(H,16,18);10,16H,7-9H2,1-6H3,(H,15,18);10H,8-9H2,1-7H3,(H,15,17);;;;1H3/q;;;;;-1;;+1;/t2*11-;3*10-;;;;/m00000..../s1/i;16+1;;;;2+1;;;1+1. The number of alkyl halides is 2. The number of amides is 5. The van der Waals surface area contributed by atoms with E-state index in [0.717, 1.165) is 31.0 Å². The zero-order valence-corrected chi connectivity index (χ0v) is 76.7. The van der Waals surface area contributed by atoms with Crippen LogP contribution >= 0.6 is 27.5 Å². The molecule has 626 valence electrons. The molecule has 5 atom stereocenters. The Morgan fingerprint density at radius 2 is 0.565 bits per heavy atom. The van der Waals surface area contributed by atoms with Crippen LogP contribution in [-0.2, 0) is 80.9 Å². The normalized spacial score (nSPS) is 12.7. The minimum Gasteiger partial charge on any atom is -0.512 e. The van der Waals surface area contributed by atoms with Crippen molar-refractivity contribution in [2.24, 2.45) is 0 Å². The third kappa shape index (κ3) is 89.3. The van der Waals surface area contributed by atoms with Gasteiger partial charge in [-0.3, -0.25) is 0 Å². The first-order valence-electron chi connectivity index (χ1n) is 35.0. The van der Waals surface area contributed by atoms with E-state index in [1.54, 1.807) is 208 Å². The van der Waals surface area contributed by atoms with E-state index in [-0.39, 0.29) is 70.3 Å². The molecule has 0 fully saturated rings. The Hall–Kier alpha value is -5.61. The summed E-state index contributed by atoms with van der Waals surface area (Å²) in [7, 11) is 0. The average Bonchev–Trinajstić information content (AvgIpc) is 0.904. The number of nitrogens with zero attached hydrogens (tertiary/aromatic N) is 2. The minimum absolute atomic E-state index is 0. The summed E-state index contributed by atoms with van der Waals surface area (Å²) in [4.78, 5) is 138. The molecule has 0 saturated carbocycles. The molecule has 108 heavy (non-hydrogen) atoms. The molecule has 0 aromatic carbocycles. The number of aliphatic hydroxyl groups excluding tert-OH is 1. The fourth-order valence-electron chi connectivity index (χ4n) is 7.04. The van der Waals surface area contributed by atoms with Gasteiger partial charge in [0.15, 0.2) is 0 Å². The van der Waals surface area contributed by atoms with E-state index in [1.165, 1.54) is 0 Å². The molecule has 0 bridgehead atoms. The van der Waals surface area contributed by atoms with Crippen molar-refractivity contribution >= 4 is 94.0 Å². The molecular formula is C74H137BrClKN8O23. The summed E-state index contributed by atoms with van der Waals surface area (Å²) < 4.78 is 52.1. The topological polar surface area (TPSA) is 441 Å². The summed E-state index contributed by atoms with van der Waals surface area (Å²) >= 11 is 8.94. The fourth-order valence-corrected chi connectivity index (χ4v) is 7.55. The van der Waals surface area contributed by atoms with Gasteiger partial charge < -0.3 is 102 Å². The molecule has 34 heteroatoms. The number of ether oxygens (including phenoxy) is 10. The maximum Gasteiger partial charge on any atom is 1.00 e. The van der Waals surface area contributed by atoms with Gasteiger partial charge in [0.2, 0.25) is 6.54 Å². The van der Waals surface area contributed by atoms with E-state index in [2.05, 4.69) is 47.4 Å². The molecule has 0 aliphatic heterocycles. The number of aliphatic hydroxyl groups is 1. The van der Waals surface area contributed by atoms with E-state index in [4.69, 9.17) is 92.1 Å². The van der Waals surface area contributed by atoms with Crippen LogP contribution in [0.2, 0.25) is 0 Å². The van der Waals surface area contributed by atoms with Crippen molar-refractivity contribution < 1.29 is 161 Å². The molecule has 0 rings (SSSR count). The van der Waals surface area contributed by atoms with Gasteiger partial charge in [0.25, 0.3) is 0 Å². The summed E-state index contributed by atoms with van der Waals surface area (Å²) in [5.41, 5.74) is -6.10. The number of carbonyl (C=O) groups excluding carboxylic acids is 12. The summed E-state index contributed by atoms with van der Waals surface area (Å²) in [6, 6.07) is -3.71. The number of rotatable bonds is 25. The Labute approximate surface area is 701 Å². The number of alkyl carbamates (subject to hydrolysis) is 5. The van der Waals surface area contributed by atoms with E-state index in [0.29, 0.717) is 57.4 Å². The molecule has 0 heterocycles. The van der Waals surface area contributed by atoms with Crippen molar-refractivity contribution in [1.82, 2.24) is 32.7 Å². The van der Waals surface area contributed by atoms with Gasteiger partial charge in [-0.15, -0.1) is 11.6 Å². The Morgan fingerprint density at radius 1 is 0.380 bits per heavy atom. The Bertz CT molecular complexity index is 2610. The Morgan fingerprint density at radius 3 is 0.731 bits per heavy atom. The summed E-state index contributed by atoms with van der Waals surface area (Å²) in [6.07, 6.45) is 3.12. The van der Waals surface area contributed by atoms with Crippen LogP contribution in [0.15, 0.2) is 0 Å². The SMILES string of the molecule is CC(C)(C)OC(=O)N[C@@H](CCCBr)C(=O)OC(C)(C)C.CC(C)(C)OC(=O)N[C@@H](CCCCCl)C(=O)OC(C)(C)C.CC(C)(C)OC(=O)N[C@@H](CCCO)C(=O)OC(C)(C)C.CCC[C@H](NC(=O)OC(C)(C)C)C(=O)OC(C)(C)C.O=C=O.[15NH3].[C-]#[15N+]CCC[C@H](NC(=O)OC(C)(C)C)C(=O)OC(C)(C)C.[C-]#[15N].[K+]. The Kier molecular flexibility index (Phi) is 66.1. The molecule has 0 radical (unpaired) electrons. The third-order valence-electron chi connectivity index (χ3n) is 10.4. The first-order chi connectivity index (χ1) is 47.6. The van der Waals surface area contributed by atoms with Gasteiger partial charge in [0.1, 0.15) is 86.2 Å². The van der Waals surface area contributed by atoms with Crippen LogP contribution in [0.5, 0.6) is 0 Å². The van der Waals surface area contributed by atoms with Gasteiger partial charge in [0, 0.05) is 24.2 Å². The van der Waals surface area contributed by atoms with Crippen molar-refractivity contribution in [2.45, 2.75) is 371 Å². The monoisotopic (exact) mass is 1660 g/mol. The van der Waals surface area contributed by atoms with Crippen LogP contribution in [-0.4, -0.2) is 182 Å². The molecule has 31 nitrogen and oxygen atoms in total. The summed E-state index contributed by atoms with van der Waals surface area (Å²) in [5.74, 6) is -1.85. The summed E-state index contributed by atoms with van der Waals surface area (Å²) in [5, 5.41) is 28.6.